The molecule has 1 spiro atoms. The predicted molar refractivity (Wildman–Crippen MR) is 200 cm³/mol. The summed E-state index contributed by atoms with van der Waals surface area (Å²) in [5.74, 6) is 4.80. The molecule has 0 amide bonds. The first-order valence-corrected chi connectivity index (χ1v) is 22.2. The average Bonchev–Trinajstić information content (AvgIpc) is 3.06. The van der Waals surface area contributed by atoms with Gasteiger partial charge in [-0.25, -0.2) is 0 Å². The van der Waals surface area contributed by atoms with Gasteiger partial charge in [0.1, 0.15) is 0 Å². The van der Waals surface area contributed by atoms with Crippen LogP contribution < -0.4 is 0 Å². The predicted octanol–water partition coefficient (Wildman–Crippen LogP) is 12.4. The van der Waals surface area contributed by atoms with E-state index in [2.05, 4.69) is 37.4 Å². The first-order chi connectivity index (χ1) is 22.3. The molecule has 2 aliphatic rings. The van der Waals surface area contributed by atoms with Crippen molar-refractivity contribution in [1.29, 1.82) is 0 Å². The third kappa shape index (κ3) is 23.5. The van der Waals surface area contributed by atoms with Gasteiger partial charge in [-0.3, -0.25) is 0 Å². The highest BCUT2D eigenvalue weighted by Crippen LogP contribution is 2.32. The Morgan fingerprint density at radius 2 is 0.644 bits per heavy atom. The molecular weight excluding hydrogens is 597 g/mol. The Bertz CT molecular complexity index is 550. The largest absolute Gasteiger partial charge is 0.352 e. The Balaban J connectivity index is 1.30. The summed E-state index contributed by atoms with van der Waals surface area (Å²) in [6.45, 7) is 7.37. The summed E-state index contributed by atoms with van der Waals surface area (Å²) >= 11 is 4.13. The highest BCUT2D eigenvalue weighted by molar-refractivity contribution is 7.99. The molecule has 0 aromatic heterocycles. The standard InChI is InChI=1S/C39H76O4S2/c1-3-5-7-9-11-13-15-17-19-21-23-25-29-44-31-27-37-40-33-39(34-41-37)35-42-38(43-36-39)28-32-45-30-26-24-22-20-18-16-14-12-10-8-6-4-2/h37-38H,3-36H2,1-2H3. The third-order valence-electron chi connectivity index (χ3n) is 9.58. The minimum Gasteiger partial charge on any atom is -0.352 e. The zero-order valence-electron chi connectivity index (χ0n) is 30.1. The molecule has 0 aliphatic carbocycles. The fourth-order valence-corrected chi connectivity index (χ4v) is 8.35. The summed E-state index contributed by atoms with van der Waals surface area (Å²) in [4.78, 5) is 0. The fraction of sp³-hybridized carbons (Fsp3) is 1.00. The van der Waals surface area contributed by atoms with Crippen LogP contribution in [0.2, 0.25) is 0 Å². The van der Waals surface area contributed by atoms with Gasteiger partial charge in [-0.15, -0.1) is 0 Å². The zero-order valence-corrected chi connectivity index (χ0v) is 31.8. The van der Waals surface area contributed by atoms with Crippen molar-refractivity contribution in [1.82, 2.24) is 0 Å². The minimum absolute atomic E-state index is 0.0560. The Hall–Kier alpha value is 0.540. The molecule has 268 valence electrons. The minimum atomic E-state index is -0.114. The molecule has 4 nitrogen and oxygen atoms in total. The molecular formula is C39H76O4S2. The van der Waals surface area contributed by atoms with E-state index in [1.807, 2.05) is 0 Å². The summed E-state index contributed by atoms with van der Waals surface area (Å²) in [5, 5.41) is 0. The molecule has 0 radical (unpaired) electrons. The summed E-state index contributed by atoms with van der Waals surface area (Å²) in [7, 11) is 0. The molecule has 2 rings (SSSR count). The van der Waals surface area contributed by atoms with E-state index in [0.717, 1.165) is 24.3 Å². The van der Waals surface area contributed by atoms with Gasteiger partial charge < -0.3 is 18.9 Å². The topological polar surface area (TPSA) is 36.9 Å². The van der Waals surface area contributed by atoms with Gasteiger partial charge in [-0.05, 0) is 35.9 Å². The molecule has 2 fully saturated rings. The fourth-order valence-electron chi connectivity index (χ4n) is 6.41. The number of hydrogen-bond donors (Lipinski definition) is 0. The van der Waals surface area contributed by atoms with E-state index >= 15 is 0 Å². The van der Waals surface area contributed by atoms with Crippen LogP contribution in [0.1, 0.15) is 181 Å². The number of rotatable bonds is 32. The van der Waals surface area contributed by atoms with E-state index in [1.165, 1.54) is 166 Å². The number of hydrogen-bond acceptors (Lipinski definition) is 6. The van der Waals surface area contributed by atoms with E-state index < -0.39 is 0 Å². The Morgan fingerprint density at radius 3 is 0.933 bits per heavy atom. The van der Waals surface area contributed by atoms with Crippen molar-refractivity contribution >= 4 is 23.5 Å². The number of unbranched alkanes of at least 4 members (excludes halogenated alkanes) is 22. The molecule has 2 aliphatic heterocycles. The highest BCUT2D eigenvalue weighted by Gasteiger charge is 2.41. The molecule has 0 aromatic rings. The summed E-state index contributed by atoms with van der Waals surface area (Å²) in [6.07, 6.45) is 35.9. The van der Waals surface area contributed by atoms with E-state index in [-0.39, 0.29) is 18.0 Å². The van der Waals surface area contributed by atoms with Crippen molar-refractivity contribution in [3.8, 4) is 0 Å². The smallest absolute Gasteiger partial charge is 0.158 e. The molecule has 0 unspecified atom stereocenters. The molecule has 0 N–H and O–H groups in total. The second kappa shape index (κ2) is 30.6. The Morgan fingerprint density at radius 1 is 0.378 bits per heavy atom. The lowest BCUT2D eigenvalue weighted by molar-refractivity contribution is -0.302. The molecule has 0 atom stereocenters. The van der Waals surface area contributed by atoms with E-state index in [4.69, 9.17) is 18.9 Å². The van der Waals surface area contributed by atoms with Crippen molar-refractivity contribution in [2.75, 3.05) is 49.4 Å². The summed E-state index contributed by atoms with van der Waals surface area (Å²) < 4.78 is 24.5. The quantitative estimate of drug-likeness (QED) is 0.0662. The van der Waals surface area contributed by atoms with Crippen molar-refractivity contribution in [2.24, 2.45) is 5.41 Å². The van der Waals surface area contributed by atoms with E-state index in [9.17, 15) is 0 Å². The molecule has 0 aromatic carbocycles. The molecule has 2 saturated heterocycles. The first-order valence-electron chi connectivity index (χ1n) is 19.9. The number of ether oxygens (including phenoxy) is 4. The van der Waals surface area contributed by atoms with Gasteiger partial charge in [0.25, 0.3) is 0 Å². The number of thioether (sulfide) groups is 2. The Labute approximate surface area is 289 Å². The van der Waals surface area contributed by atoms with Crippen molar-refractivity contribution in [2.45, 2.75) is 193 Å². The zero-order chi connectivity index (χ0) is 31.9. The van der Waals surface area contributed by atoms with Crippen LogP contribution in [0.3, 0.4) is 0 Å². The summed E-state index contributed by atoms with van der Waals surface area (Å²) in [6, 6.07) is 0. The SMILES string of the molecule is CCCCCCCCCCCCCCSCCC1OCC2(CO1)COC(CCSCCCCCCCCCCCCCC)OC2. The van der Waals surface area contributed by atoms with Crippen molar-refractivity contribution in [3.05, 3.63) is 0 Å². The van der Waals surface area contributed by atoms with Gasteiger partial charge in [0.05, 0.1) is 31.8 Å². The van der Waals surface area contributed by atoms with E-state index in [0.29, 0.717) is 26.4 Å². The van der Waals surface area contributed by atoms with Crippen LogP contribution in [0.5, 0.6) is 0 Å². The monoisotopic (exact) mass is 673 g/mol. The van der Waals surface area contributed by atoms with Gasteiger partial charge in [0.2, 0.25) is 0 Å². The van der Waals surface area contributed by atoms with Crippen LogP contribution in [-0.4, -0.2) is 62.0 Å². The average molecular weight is 673 g/mol. The third-order valence-corrected chi connectivity index (χ3v) is 11.8. The molecule has 0 bridgehead atoms. The maximum Gasteiger partial charge on any atom is 0.158 e. The van der Waals surface area contributed by atoms with Crippen LogP contribution in [0, 0.1) is 5.41 Å². The second-order valence-electron chi connectivity index (χ2n) is 14.2. The van der Waals surface area contributed by atoms with Crippen LogP contribution >= 0.6 is 23.5 Å². The van der Waals surface area contributed by atoms with Gasteiger partial charge >= 0.3 is 0 Å². The van der Waals surface area contributed by atoms with Crippen LogP contribution in [0.15, 0.2) is 0 Å². The second-order valence-corrected chi connectivity index (χ2v) is 16.6. The van der Waals surface area contributed by atoms with Crippen molar-refractivity contribution in [3.63, 3.8) is 0 Å². The van der Waals surface area contributed by atoms with Crippen molar-refractivity contribution < 1.29 is 18.9 Å². The molecule has 6 heteroatoms. The van der Waals surface area contributed by atoms with Gasteiger partial charge in [-0.2, -0.15) is 23.5 Å². The van der Waals surface area contributed by atoms with Crippen LogP contribution in [0.4, 0.5) is 0 Å². The normalized spacial score (nSPS) is 22.0. The van der Waals surface area contributed by atoms with Gasteiger partial charge in [0.15, 0.2) is 12.6 Å². The van der Waals surface area contributed by atoms with Crippen LogP contribution in [0.25, 0.3) is 0 Å². The lowest BCUT2D eigenvalue weighted by atomic mass is 9.90. The van der Waals surface area contributed by atoms with Crippen LogP contribution in [-0.2, 0) is 18.9 Å². The molecule has 0 saturated carbocycles. The van der Waals surface area contributed by atoms with Gasteiger partial charge in [0, 0.05) is 12.8 Å². The van der Waals surface area contributed by atoms with E-state index in [1.54, 1.807) is 0 Å². The maximum absolute atomic E-state index is 6.12. The Kier molecular flexibility index (Phi) is 28.4. The summed E-state index contributed by atoms with van der Waals surface area (Å²) in [5.41, 5.74) is -0.114. The maximum atomic E-state index is 6.12. The molecule has 45 heavy (non-hydrogen) atoms. The first kappa shape index (κ1) is 41.7. The molecule has 2 heterocycles. The lowest BCUT2D eigenvalue weighted by Crippen LogP contribution is -2.52. The lowest BCUT2D eigenvalue weighted by Gasteiger charge is -2.43. The highest BCUT2D eigenvalue weighted by atomic mass is 32.2. The van der Waals surface area contributed by atoms with Gasteiger partial charge in [-0.1, -0.05) is 155 Å².